The molecular formula is C16H17N3O2S. The molecule has 0 amide bonds. The van der Waals surface area contributed by atoms with E-state index in [1.54, 1.807) is 30.3 Å². The molecule has 0 saturated carbocycles. The Balaban J connectivity index is 2.11. The molecule has 0 bridgehead atoms. The number of aromatic nitrogens is 2. The van der Waals surface area contributed by atoms with Crippen LogP contribution < -0.4 is 5.32 Å². The second kappa shape index (κ2) is 5.90. The molecule has 0 saturated heterocycles. The predicted octanol–water partition coefficient (Wildman–Crippen LogP) is 2.16. The minimum absolute atomic E-state index is 0.0833. The highest BCUT2D eigenvalue weighted by molar-refractivity contribution is 7.91. The smallest absolute Gasteiger partial charge is 0.226 e. The second-order valence-electron chi connectivity index (χ2n) is 5.08. The van der Waals surface area contributed by atoms with Crippen molar-refractivity contribution in [1.82, 2.24) is 15.5 Å². The van der Waals surface area contributed by atoms with Crippen LogP contribution in [0.5, 0.6) is 0 Å². The number of nitrogens with one attached hydrogen (secondary N) is 2. The number of hydrogen-bond donors (Lipinski definition) is 2. The molecule has 3 aromatic rings. The highest BCUT2D eigenvalue weighted by Crippen LogP contribution is 2.26. The van der Waals surface area contributed by atoms with Gasteiger partial charge < -0.3 is 5.32 Å². The molecule has 3 rings (SSSR count). The van der Waals surface area contributed by atoms with Crippen molar-refractivity contribution in [2.45, 2.75) is 16.3 Å². The van der Waals surface area contributed by atoms with Gasteiger partial charge in [-0.2, -0.15) is 5.10 Å². The van der Waals surface area contributed by atoms with E-state index >= 15 is 0 Å². The van der Waals surface area contributed by atoms with Crippen LogP contribution in [0.15, 0.2) is 58.5 Å². The summed E-state index contributed by atoms with van der Waals surface area (Å²) in [5.41, 5.74) is 1.80. The Morgan fingerprint density at radius 1 is 1.14 bits per heavy atom. The highest BCUT2D eigenvalue weighted by atomic mass is 32.2. The Bertz CT molecular complexity index is 886. The molecule has 2 N–H and O–H groups in total. The van der Waals surface area contributed by atoms with Crippen molar-refractivity contribution in [3.63, 3.8) is 0 Å². The molecule has 1 aromatic heterocycles. The average molecular weight is 315 g/mol. The zero-order valence-corrected chi connectivity index (χ0v) is 13.0. The van der Waals surface area contributed by atoms with Gasteiger partial charge in [0, 0.05) is 5.39 Å². The molecule has 0 spiro atoms. The van der Waals surface area contributed by atoms with Gasteiger partial charge in [-0.3, -0.25) is 5.10 Å². The van der Waals surface area contributed by atoms with Crippen LogP contribution in [0.25, 0.3) is 10.9 Å². The summed E-state index contributed by atoms with van der Waals surface area (Å²) in [5, 5.41) is 10.6. The lowest BCUT2D eigenvalue weighted by Crippen LogP contribution is -2.10. The molecule has 6 heteroatoms. The number of rotatable bonds is 5. The van der Waals surface area contributed by atoms with Gasteiger partial charge in [-0.15, -0.1) is 0 Å². The van der Waals surface area contributed by atoms with Gasteiger partial charge in [-0.05, 0) is 49.8 Å². The molecule has 0 unspecified atom stereocenters. The Morgan fingerprint density at radius 2 is 1.91 bits per heavy atom. The predicted molar refractivity (Wildman–Crippen MR) is 85.6 cm³/mol. The van der Waals surface area contributed by atoms with Crippen LogP contribution >= 0.6 is 0 Å². The van der Waals surface area contributed by atoms with E-state index in [1.807, 2.05) is 25.2 Å². The first-order valence-corrected chi connectivity index (χ1v) is 8.53. The zero-order valence-electron chi connectivity index (χ0n) is 12.2. The molecule has 114 valence electrons. The largest absolute Gasteiger partial charge is 0.319 e. The summed E-state index contributed by atoms with van der Waals surface area (Å²) in [4.78, 5) is 0.254. The third-order valence-corrected chi connectivity index (χ3v) is 5.28. The molecule has 1 heterocycles. The quantitative estimate of drug-likeness (QED) is 0.756. The zero-order chi connectivity index (χ0) is 15.6. The first-order valence-electron chi connectivity index (χ1n) is 7.04. The van der Waals surface area contributed by atoms with Crippen LogP contribution in [0.1, 0.15) is 5.56 Å². The lowest BCUT2D eigenvalue weighted by molar-refractivity contribution is 0.593. The van der Waals surface area contributed by atoms with Crippen molar-refractivity contribution < 1.29 is 8.42 Å². The SMILES string of the molecule is CNCCc1ccc2[nH]nc(S(=O)(=O)c3ccccc3)c2c1. The third-order valence-electron chi connectivity index (χ3n) is 3.56. The van der Waals surface area contributed by atoms with Gasteiger partial charge in [0.2, 0.25) is 9.84 Å². The molecule has 2 aromatic carbocycles. The monoisotopic (exact) mass is 315 g/mol. The van der Waals surface area contributed by atoms with Gasteiger partial charge in [0.1, 0.15) is 0 Å². The summed E-state index contributed by atoms with van der Waals surface area (Å²) in [6, 6.07) is 14.1. The summed E-state index contributed by atoms with van der Waals surface area (Å²) in [5.74, 6) is 0. The van der Waals surface area contributed by atoms with Crippen LogP contribution in [0, 0.1) is 0 Å². The summed E-state index contributed by atoms with van der Waals surface area (Å²) in [7, 11) is -1.73. The standard InChI is InChI=1S/C16H17N3O2S/c1-17-10-9-12-7-8-15-14(11-12)16(19-18-15)22(20,21)13-5-3-2-4-6-13/h2-8,11,17H,9-10H2,1H3,(H,18,19). The number of sulfone groups is 1. The number of likely N-dealkylation sites (N-methyl/N-ethyl adjacent to an activating group) is 1. The van der Waals surface area contributed by atoms with Gasteiger partial charge in [-0.1, -0.05) is 24.3 Å². The Kier molecular flexibility index (Phi) is 3.96. The first kappa shape index (κ1) is 14.7. The summed E-state index contributed by atoms with van der Waals surface area (Å²) >= 11 is 0. The van der Waals surface area contributed by atoms with E-state index in [1.165, 1.54) is 0 Å². The van der Waals surface area contributed by atoms with Gasteiger partial charge in [0.15, 0.2) is 5.03 Å². The van der Waals surface area contributed by atoms with Gasteiger partial charge >= 0.3 is 0 Å². The number of H-pyrrole nitrogens is 1. The molecule has 0 atom stereocenters. The number of fused-ring (bicyclic) bond motifs is 1. The minimum atomic E-state index is -3.62. The third kappa shape index (κ3) is 2.63. The van der Waals surface area contributed by atoms with Crippen molar-refractivity contribution >= 4 is 20.7 Å². The maximum Gasteiger partial charge on any atom is 0.226 e. The maximum atomic E-state index is 12.7. The lowest BCUT2D eigenvalue weighted by atomic mass is 10.1. The van der Waals surface area contributed by atoms with Crippen molar-refractivity contribution in [1.29, 1.82) is 0 Å². The first-order chi connectivity index (χ1) is 10.6. The average Bonchev–Trinajstić information content (AvgIpc) is 2.97. The number of hydrogen-bond acceptors (Lipinski definition) is 4. The number of benzene rings is 2. The lowest BCUT2D eigenvalue weighted by Gasteiger charge is -2.03. The highest BCUT2D eigenvalue weighted by Gasteiger charge is 2.23. The van der Waals surface area contributed by atoms with E-state index in [4.69, 9.17) is 0 Å². The van der Waals surface area contributed by atoms with Crippen LogP contribution in [-0.4, -0.2) is 32.2 Å². The molecule has 0 radical (unpaired) electrons. The van der Waals surface area contributed by atoms with Crippen LogP contribution in [0.4, 0.5) is 0 Å². The minimum Gasteiger partial charge on any atom is -0.319 e. The fourth-order valence-corrected chi connectivity index (χ4v) is 3.74. The molecule has 5 nitrogen and oxygen atoms in total. The van der Waals surface area contributed by atoms with E-state index in [0.717, 1.165) is 24.0 Å². The summed E-state index contributed by atoms with van der Waals surface area (Å²) < 4.78 is 25.5. The van der Waals surface area contributed by atoms with Gasteiger partial charge in [-0.25, -0.2) is 8.42 Å². The topological polar surface area (TPSA) is 74.8 Å². The van der Waals surface area contributed by atoms with E-state index in [-0.39, 0.29) is 9.92 Å². The van der Waals surface area contributed by atoms with E-state index in [2.05, 4.69) is 15.5 Å². The Hall–Kier alpha value is -2.18. The van der Waals surface area contributed by atoms with Crippen molar-refractivity contribution in [2.75, 3.05) is 13.6 Å². The molecule has 0 aliphatic rings. The second-order valence-corrected chi connectivity index (χ2v) is 6.94. The fraction of sp³-hybridized carbons (Fsp3) is 0.188. The maximum absolute atomic E-state index is 12.7. The Labute approximate surface area is 129 Å². The fourth-order valence-electron chi connectivity index (χ4n) is 2.38. The van der Waals surface area contributed by atoms with E-state index < -0.39 is 9.84 Å². The number of aromatic amines is 1. The molecule has 22 heavy (non-hydrogen) atoms. The molecule has 0 fully saturated rings. The van der Waals surface area contributed by atoms with E-state index in [0.29, 0.717) is 5.39 Å². The van der Waals surface area contributed by atoms with Crippen molar-refractivity contribution in [3.05, 3.63) is 54.1 Å². The Morgan fingerprint density at radius 3 is 2.64 bits per heavy atom. The summed E-state index contributed by atoms with van der Waals surface area (Å²) in [6.45, 7) is 0.837. The molecule has 0 aliphatic carbocycles. The van der Waals surface area contributed by atoms with Crippen LogP contribution in [-0.2, 0) is 16.3 Å². The molecular weight excluding hydrogens is 298 g/mol. The van der Waals surface area contributed by atoms with Crippen molar-refractivity contribution in [3.8, 4) is 0 Å². The van der Waals surface area contributed by atoms with Gasteiger partial charge in [0.05, 0.1) is 10.4 Å². The normalized spacial score (nSPS) is 11.9. The summed E-state index contributed by atoms with van der Waals surface area (Å²) in [6.07, 6.45) is 0.836. The van der Waals surface area contributed by atoms with Gasteiger partial charge in [0.25, 0.3) is 0 Å². The molecule has 0 aliphatic heterocycles. The van der Waals surface area contributed by atoms with Crippen LogP contribution in [0.3, 0.4) is 0 Å². The van der Waals surface area contributed by atoms with Crippen molar-refractivity contribution in [2.24, 2.45) is 0 Å². The number of nitrogens with zero attached hydrogens (tertiary/aromatic N) is 1. The van der Waals surface area contributed by atoms with Crippen LogP contribution in [0.2, 0.25) is 0 Å². The van der Waals surface area contributed by atoms with E-state index in [9.17, 15) is 8.42 Å².